The lowest BCUT2D eigenvalue weighted by atomic mass is 10.2. The van der Waals surface area contributed by atoms with Crippen LogP contribution in [0.15, 0.2) is 0 Å². The Bertz CT molecular complexity index is 176. The van der Waals surface area contributed by atoms with Crippen LogP contribution >= 0.6 is 12.6 Å². The zero-order valence-electron chi connectivity index (χ0n) is 10.5. The molecule has 4 heteroatoms. The van der Waals surface area contributed by atoms with Crippen LogP contribution in [0.25, 0.3) is 0 Å². The molecule has 1 unspecified atom stereocenters. The largest absolute Gasteiger partial charge is 0.378 e. The first kappa shape index (κ1) is 15.8. The number of carbonyl (C=O) groups excluding carboxylic acids is 1. The van der Waals surface area contributed by atoms with Gasteiger partial charge < -0.3 is 10.1 Å². The lowest BCUT2D eigenvalue weighted by Crippen LogP contribution is -2.26. The molecule has 0 aromatic heterocycles. The van der Waals surface area contributed by atoms with E-state index >= 15 is 0 Å². The minimum absolute atomic E-state index is 0.0954. The quantitative estimate of drug-likeness (QED) is 0.459. The highest BCUT2D eigenvalue weighted by Crippen LogP contribution is 2.03. The van der Waals surface area contributed by atoms with Gasteiger partial charge in [0.2, 0.25) is 5.91 Å². The third-order valence-corrected chi connectivity index (χ3v) is 2.59. The summed E-state index contributed by atoms with van der Waals surface area (Å²) in [5.74, 6) is 0.785. The second-order valence-electron chi connectivity index (χ2n) is 4.00. The van der Waals surface area contributed by atoms with E-state index in [-0.39, 0.29) is 12.0 Å². The highest BCUT2D eigenvalue weighted by molar-refractivity contribution is 7.80. The zero-order chi connectivity index (χ0) is 12.2. The predicted octanol–water partition coefficient (Wildman–Crippen LogP) is 2.41. The van der Waals surface area contributed by atoms with Gasteiger partial charge in [-0.3, -0.25) is 4.79 Å². The van der Waals surface area contributed by atoms with E-state index < -0.39 is 0 Å². The maximum Gasteiger partial charge on any atom is 0.220 e. The molecule has 16 heavy (non-hydrogen) atoms. The number of unbranched alkanes of at least 4 members (excludes halogenated alkanes) is 2. The van der Waals surface area contributed by atoms with E-state index in [0.29, 0.717) is 18.7 Å². The van der Waals surface area contributed by atoms with Crippen LogP contribution in [0.1, 0.15) is 46.0 Å². The molecular weight excluding hydrogens is 222 g/mol. The number of hydrogen-bond acceptors (Lipinski definition) is 3. The summed E-state index contributed by atoms with van der Waals surface area (Å²) in [6.45, 7) is 5.66. The number of carbonyl (C=O) groups is 1. The van der Waals surface area contributed by atoms with Gasteiger partial charge in [0, 0.05) is 25.3 Å². The van der Waals surface area contributed by atoms with Crippen molar-refractivity contribution < 1.29 is 9.53 Å². The van der Waals surface area contributed by atoms with E-state index in [0.717, 1.165) is 19.4 Å². The van der Waals surface area contributed by atoms with Gasteiger partial charge in [-0.2, -0.15) is 12.6 Å². The summed E-state index contributed by atoms with van der Waals surface area (Å²) in [6.07, 6.45) is 5.07. The molecular formula is C12H25NO2S. The third-order valence-electron chi connectivity index (χ3n) is 2.36. The number of nitrogens with one attached hydrogen (secondary N) is 1. The predicted molar refractivity (Wildman–Crippen MR) is 71.0 cm³/mol. The van der Waals surface area contributed by atoms with Gasteiger partial charge in [-0.15, -0.1) is 0 Å². The Morgan fingerprint density at radius 2 is 2.19 bits per heavy atom. The fraction of sp³-hybridized carbons (Fsp3) is 0.917. The summed E-state index contributed by atoms with van der Waals surface area (Å²) in [6, 6.07) is 0. The van der Waals surface area contributed by atoms with Gasteiger partial charge in [-0.25, -0.2) is 0 Å². The Morgan fingerprint density at radius 1 is 1.44 bits per heavy atom. The highest BCUT2D eigenvalue weighted by Gasteiger charge is 2.06. The molecule has 0 spiro atoms. The van der Waals surface area contributed by atoms with Crippen molar-refractivity contribution in [2.45, 2.75) is 52.1 Å². The molecule has 1 atom stereocenters. The SMILES string of the molecule is CCCCCOC(C)CCC(=O)NCCS. The van der Waals surface area contributed by atoms with E-state index in [1.54, 1.807) is 0 Å². The fourth-order valence-corrected chi connectivity index (χ4v) is 1.45. The minimum atomic E-state index is 0.0954. The normalized spacial score (nSPS) is 12.4. The Hall–Kier alpha value is -0.220. The Balaban J connectivity index is 3.34. The molecule has 1 amide bonds. The number of rotatable bonds is 10. The van der Waals surface area contributed by atoms with Gasteiger partial charge in [-0.05, 0) is 19.8 Å². The Labute approximate surface area is 105 Å². The van der Waals surface area contributed by atoms with Crippen LogP contribution in [0.4, 0.5) is 0 Å². The second-order valence-corrected chi connectivity index (χ2v) is 4.45. The maximum atomic E-state index is 11.3. The Morgan fingerprint density at radius 3 is 2.81 bits per heavy atom. The first-order chi connectivity index (χ1) is 7.70. The minimum Gasteiger partial charge on any atom is -0.378 e. The molecule has 0 bridgehead atoms. The first-order valence-electron chi connectivity index (χ1n) is 6.19. The van der Waals surface area contributed by atoms with E-state index in [2.05, 4.69) is 24.9 Å². The van der Waals surface area contributed by atoms with Crippen LogP contribution < -0.4 is 5.32 Å². The molecule has 0 radical (unpaired) electrons. The first-order valence-corrected chi connectivity index (χ1v) is 6.83. The van der Waals surface area contributed by atoms with Crippen molar-refractivity contribution in [1.82, 2.24) is 5.32 Å². The molecule has 0 rings (SSSR count). The lowest BCUT2D eigenvalue weighted by molar-refractivity contribution is -0.121. The third kappa shape index (κ3) is 10.3. The molecule has 0 saturated carbocycles. The van der Waals surface area contributed by atoms with Crippen molar-refractivity contribution in [3.63, 3.8) is 0 Å². The number of ether oxygens (including phenoxy) is 1. The topological polar surface area (TPSA) is 38.3 Å². The smallest absolute Gasteiger partial charge is 0.220 e. The molecule has 0 heterocycles. The van der Waals surface area contributed by atoms with Crippen LogP contribution in [0, 0.1) is 0 Å². The average molecular weight is 247 g/mol. The molecule has 0 aliphatic carbocycles. The lowest BCUT2D eigenvalue weighted by Gasteiger charge is -2.12. The molecule has 0 aromatic rings. The standard InChI is InChI=1S/C12H25NO2S/c1-3-4-5-9-15-11(2)6-7-12(14)13-8-10-16/h11,16H,3-10H2,1-2H3,(H,13,14). The van der Waals surface area contributed by atoms with Gasteiger partial charge in [0.25, 0.3) is 0 Å². The van der Waals surface area contributed by atoms with Gasteiger partial charge >= 0.3 is 0 Å². The van der Waals surface area contributed by atoms with Gasteiger partial charge in [0.05, 0.1) is 6.10 Å². The van der Waals surface area contributed by atoms with Crippen LogP contribution in [0.3, 0.4) is 0 Å². The van der Waals surface area contributed by atoms with E-state index in [4.69, 9.17) is 4.74 Å². The summed E-state index contributed by atoms with van der Waals surface area (Å²) in [7, 11) is 0. The Kier molecular flexibility index (Phi) is 11.1. The molecule has 3 nitrogen and oxygen atoms in total. The van der Waals surface area contributed by atoms with E-state index in [1.165, 1.54) is 12.8 Å². The van der Waals surface area contributed by atoms with Crippen LogP contribution in [0.2, 0.25) is 0 Å². The number of amides is 1. The molecule has 0 aromatic carbocycles. The second kappa shape index (κ2) is 11.3. The van der Waals surface area contributed by atoms with Crippen LogP contribution in [0.5, 0.6) is 0 Å². The summed E-state index contributed by atoms with van der Waals surface area (Å²) < 4.78 is 5.60. The zero-order valence-corrected chi connectivity index (χ0v) is 11.4. The fourth-order valence-electron chi connectivity index (χ4n) is 1.34. The van der Waals surface area contributed by atoms with Crippen molar-refractivity contribution in [3.8, 4) is 0 Å². The van der Waals surface area contributed by atoms with Gasteiger partial charge in [0.1, 0.15) is 0 Å². The summed E-state index contributed by atoms with van der Waals surface area (Å²) in [5, 5.41) is 2.79. The molecule has 0 aliphatic heterocycles. The van der Waals surface area contributed by atoms with E-state index in [1.807, 2.05) is 6.92 Å². The molecule has 0 saturated heterocycles. The van der Waals surface area contributed by atoms with Crippen molar-refractivity contribution in [2.24, 2.45) is 0 Å². The van der Waals surface area contributed by atoms with Crippen molar-refractivity contribution >= 4 is 18.5 Å². The van der Waals surface area contributed by atoms with Crippen molar-refractivity contribution in [1.29, 1.82) is 0 Å². The highest BCUT2D eigenvalue weighted by atomic mass is 32.1. The van der Waals surface area contributed by atoms with Crippen molar-refractivity contribution in [3.05, 3.63) is 0 Å². The van der Waals surface area contributed by atoms with Crippen molar-refractivity contribution in [2.75, 3.05) is 18.9 Å². The van der Waals surface area contributed by atoms with Crippen LogP contribution in [-0.4, -0.2) is 30.9 Å². The summed E-state index contributed by atoms with van der Waals surface area (Å²) >= 11 is 4.03. The monoisotopic (exact) mass is 247 g/mol. The maximum absolute atomic E-state index is 11.3. The molecule has 96 valence electrons. The summed E-state index contributed by atoms with van der Waals surface area (Å²) in [4.78, 5) is 11.3. The molecule has 0 aliphatic rings. The van der Waals surface area contributed by atoms with Gasteiger partial charge in [-0.1, -0.05) is 19.8 Å². The average Bonchev–Trinajstić information content (AvgIpc) is 2.29. The molecule has 1 N–H and O–H groups in total. The number of thiol groups is 1. The summed E-state index contributed by atoms with van der Waals surface area (Å²) in [5.41, 5.74) is 0. The molecule has 0 fully saturated rings. The van der Waals surface area contributed by atoms with Crippen LogP contribution in [-0.2, 0) is 9.53 Å². The number of hydrogen-bond donors (Lipinski definition) is 2. The van der Waals surface area contributed by atoms with E-state index in [9.17, 15) is 4.79 Å². The van der Waals surface area contributed by atoms with Gasteiger partial charge in [0.15, 0.2) is 0 Å².